The molecule has 0 fully saturated rings. The van der Waals surface area contributed by atoms with Crippen LogP contribution in [0.4, 0.5) is 34.1 Å². The fraction of sp³-hybridized carbons (Fsp3) is 0.0435. The molecule has 2 aromatic heterocycles. The van der Waals surface area contributed by atoms with E-state index in [1.807, 2.05) is 24.3 Å². The Hall–Kier alpha value is -18.0. The molecule has 0 saturated heterocycles. The molecule has 22 aromatic carbocycles. The van der Waals surface area contributed by atoms with E-state index in [0.29, 0.717) is 0 Å². The molecule has 4 aliphatic rings. The van der Waals surface area contributed by atoms with Crippen molar-refractivity contribution >= 4 is 78.0 Å². The second-order valence-electron chi connectivity index (χ2n) is 38.6. The lowest BCUT2D eigenvalue weighted by molar-refractivity contribution is 0.563. The minimum Gasteiger partial charge on any atom is -0.455 e. The van der Waals surface area contributed by atoms with Crippen LogP contribution in [0.3, 0.4) is 0 Å². The van der Waals surface area contributed by atoms with Gasteiger partial charge in [0, 0.05) is 72.2 Å². The number of rotatable bonds is 14. The summed E-state index contributed by atoms with van der Waals surface area (Å²) in [6.07, 6.45) is 0. The normalized spacial score (nSPS) is 13.6. The number of hydrogen-bond donors (Lipinski definition) is 0. The van der Waals surface area contributed by atoms with Crippen LogP contribution >= 0.6 is 0 Å². The number of nitrogens with zero attached hydrogens (tertiary/aromatic N) is 2. The lowest BCUT2D eigenvalue weighted by Gasteiger charge is -2.50. The van der Waals surface area contributed by atoms with Gasteiger partial charge in [0.15, 0.2) is 0 Å². The van der Waals surface area contributed by atoms with Crippen LogP contribution < -0.4 is 9.80 Å². The quantitative estimate of drug-likeness (QED) is 0.109. The molecule has 28 rings (SSSR count). The number of fused-ring (bicyclic) bond motifs is 24. The van der Waals surface area contributed by atoms with Crippen LogP contribution in [0.2, 0.25) is 0 Å². The Balaban J connectivity index is 0.000000143. The summed E-state index contributed by atoms with van der Waals surface area (Å²) in [6.45, 7) is 4.76. The highest BCUT2D eigenvalue weighted by Crippen LogP contribution is 2.67. The Morgan fingerprint density at radius 3 is 0.732 bits per heavy atom. The number of para-hydroxylation sites is 4. The molecule has 0 aliphatic heterocycles. The highest BCUT2D eigenvalue weighted by atomic mass is 16.3. The van der Waals surface area contributed by atoms with Gasteiger partial charge in [0.1, 0.15) is 22.3 Å². The molecule has 0 saturated carbocycles. The fourth-order valence-corrected chi connectivity index (χ4v) is 24.7. The maximum absolute atomic E-state index is 6.48. The summed E-state index contributed by atoms with van der Waals surface area (Å²) in [5, 5.41) is 4.53. The van der Waals surface area contributed by atoms with Gasteiger partial charge in [-0.15, -0.1) is 0 Å². The second-order valence-corrected chi connectivity index (χ2v) is 38.6. The fourth-order valence-electron chi connectivity index (χ4n) is 24.7. The molecule has 0 bridgehead atoms. The van der Waals surface area contributed by atoms with Crippen molar-refractivity contribution in [2.45, 2.75) is 35.5 Å². The molecule has 4 heteroatoms. The van der Waals surface area contributed by atoms with Crippen LogP contribution in [0.5, 0.6) is 0 Å². The van der Waals surface area contributed by atoms with Gasteiger partial charge >= 0.3 is 0 Å². The Labute approximate surface area is 827 Å². The van der Waals surface area contributed by atoms with E-state index in [9.17, 15) is 0 Å². The summed E-state index contributed by atoms with van der Waals surface area (Å²) < 4.78 is 12.9. The monoisotopic (exact) mass is 1810 g/mol. The Morgan fingerprint density at radius 1 is 0.155 bits per heavy atom. The van der Waals surface area contributed by atoms with Crippen molar-refractivity contribution in [1.29, 1.82) is 0 Å². The molecule has 0 N–H and O–H groups in total. The topological polar surface area (TPSA) is 32.8 Å². The molecular weight excluding hydrogens is 1720 g/mol. The molecule has 0 radical (unpaired) electrons. The third kappa shape index (κ3) is 12.9. The molecular formula is C138H94N2O2. The highest BCUT2D eigenvalue weighted by molar-refractivity contribution is 6.11. The predicted octanol–water partition coefficient (Wildman–Crippen LogP) is 36.2. The standard InChI is InChI=1S/C74H49NO.C64H45NO/c1-4-19-50(20-5-1)51-35-42-57(43-36-51)75(59-46-39-53(40-47-59)60-27-18-28-63-62-26-11-17-34-71(62)76-72(60)63)58-44-37-52(38-45-58)54-41-48-66-64(49-54)61-25-10-12-29-65(61)74(66)69-32-15-13-30-67(69)73(55-21-6-2-7-22-55,56-23-8-3-9-24-56)68-31-14-16-33-70(68)74;1-63(2)57-22-9-11-24-59(57)64(60-25-12-10-23-58(60)63)55-21-8-6-17-51(55)54-41-46(33-40-56(54)64)44-29-36-48(37-30-44)65(47-34-27-43(28-35-47)42-15-4-3-5-16-42)49-38-31-45(32-39-49)50-19-14-20-53-52-18-7-13-26-61(52)66-62(50)53/h1-49H;3-41H,1-2H3. The summed E-state index contributed by atoms with van der Waals surface area (Å²) >= 11 is 0. The van der Waals surface area contributed by atoms with E-state index >= 15 is 0 Å². The average molecular weight is 1810 g/mol. The van der Waals surface area contributed by atoms with E-state index in [1.165, 1.54) is 139 Å². The Kier molecular flexibility index (Phi) is 19.7. The van der Waals surface area contributed by atoms with Gasteiger partial charge in [-0.25, -0.2) is 0 Å². The van der Waals surface area contributed by atoms with Crippen molar-refractivity contribution in [3.63, 3.8) is 0 Å². The molecule has 24 aromatic rings. The molecule has 0 amide bonds. The van der Waals surface area contributed by atoms with E-state index in [4.69, 9.17) is 8.83 Å². The van der Waals surface area contributed by atoms with Crippen molar-refractivity contribution in [1.82, 2.24) is 0 Å². The first-order valence-corrected chi connectivity index (χ1v) is 49.3. The first-order valence-electron chi connectivity index (χ1n) is 49.3. The van der Waals surface area contributed by atoms with E-state index < -0.39 is 16.2 Å². The minimum absolute atomic E-state index is 0.123. The molecule has 668 valence electrons. The Morgan fingerprint density at radius 2 is 0.387 bits per heavy atom. The van der Waals surface area contributed by atoms with E-state index in [1.54, 1.807) is 0 Å². The lowest BCUT2D eigenvalue weighted by atomic mass is 9.51. The van der Waals surface area contributed by atoms with Gasteiger partial charge in [0.2, 0.25) is 0 Å². The van der Waals surface area contributed by atoms with Crippen molar-refractivity contribution in [3.05, 3.63) is 612 Å². The van der Waals surface area contributed by atoms with Crippen LogP contribution in [0, 0.1) is 0 Å². The van der Waals surface area contributed by atoms with Crippen LogP contribution in [-0.2, 0) is 21.7 Å². The van der Waals surface area contributed by atoms with Gasteiger partial charge in [-0.1, -0.05) is 451 Å². The predicted molar refractivity (Wildman–Crippen MR) is 588 cm³/mol. The van der Waals surface area contributed by atoms with Crippen molar-refractivity contribution < 1.29 is 8.83 Å². The van der Waals surface area contributed by atoms with Gasteiger partial charge in [0.05, 0.1) is 16.2 Å². The number of benzene rings is 22. The number of furan rings is 2. The van der Waals surface area contributed by atoms with E-state index in [0.717, 1.165) is 106 Å². The average Bonchev–Trinajstić information content (AvgIpc) is 1.43. The zero-order valence-electron chi connectivity index (χ0n) is 78.5. The van der Waals surface area contributed by atoms with Crippen molar-refractivity contribution in [2.24, 2.45) is 0 Å². The largest absolute Gasteiger partial charge is 0.455 e. The smallest absolute Gasteiger partial charge is 0.143 e. The summed E-state index contributed by atoms with van der Waals surface area (Å²) in [7, 11) is 0. The first-order chi connectivity index (χ1) is 70.2. The van der Waals surface area contributed by atoms with Crippen molar-refractivity contribution in [2.75, 3.05) is 9.80 Å². The van der Waals surface area contributed by atoms with E-state index in [-0.39, 0.29) is 5.41 Å². The summed E-state index contributed by atoms with van der Waals surface area (Å²) in [6, 6.07) is 196. The highest BCUT2D eigenvalue weighted by Gasteiger charge is 2.58. The first kappa shape index (κ1) is 83.4. The van der Waals surface area contributed by atoms with Crippen molar-refractivity contribution in [3.8, 4) is 89.0 Å². The second kappa shape index (κ2) is 33.5. The zero-order valence-corrected chi connectivity index (χ0v) is 78.5. The Bertz CT molecular complexity index is 8870. The third-order valence-electron chi connectivity index (χ3n) is 31.0. The SMILES string of the molecule is CC1(C)c2ccccc2C2(c3ccccc3-c3cc(-c4ccc(N(c5ccc(-c6ccccc6)cc5)c5ccc(-c6cccc7c6oc6ccccc67)cc5)cc4)ccc32)c2ccccc21.c1ccc(-c2ccc(N(c3ccc(-c4ccc5c(c4)-c4ccccc4C54c5ccccc5C(c5ccccc5)(c5ccccc5)c5ccccc54)cc3)c3ccc(-c4cccc5c4oc4ccccc45)cc3)cc2)cc1. The van der Waals surface area contributed by atoms with Gasteiger partial charge in [-0.3, -0.25) is 0 Å². The maximum atomic E-state index is 6.48. The summed E-state index contributed by atoms with van der Waals surface area (Å²) in [4.78, 5) is 4.71. The van der Waals surface area contributed by atoms with E-state index in [2.05, 4.69) is 533 Å². The van der Waals surface area contributed by atoms with Crippen LogP contribution in [0.25, 0.3) is 133 Å². The van der Waals surface area contributed by atoms with Gasteiger partial charge < -0.3 is 18.6 Å². The zero-order chi connectivity index (χ0) is 94.2. The molecule has 0 unspecified atom stereocenters. The number of hydrogen-bond acceptors (Lipinski definition) is 4. The number of anilines is 6. The van der Waals surface area contributed by atoms with Gasteiger partial charge in [-0.2, -0.15) is 0 Å². The maximum Gasteiger partial charge on any atom is 0.143 e. The summed E-state index contributed by atoms with van der Waals surface area (Å²) in [5.41, 5.74) is 46.2. The van der Waals surface area contributed by atoms with Gasteiger partial charge in [0.25, 0.3) is 0 Å². The van der Waals surface area contributed by atoms with Crippen LogP contribution in [-0.4, -0.2) is 0 Å². The molecule has 0 atom stereocenters. The van der Waals surface area contributed by atoms with Crippen LogP contribution in [0.1, 0.15) is 91.7 Å². The molecule has 142 heavy (non-hydrogen) atoms. The third-order valence-corrected chi connectivity index (χ3v) is 31.0. The minimum atomic E-state index is -0.542. The lowest BCUT2D eigenvalue weighted by Crippen LogP contribution is -2.44. The molecule has 2 spiro atoms. The molecule has 2 heterocycles. The van der Waals surface area contributed by atoms with Gasteiger partial charge in [-0.05, 0) is 253 Å². The van der Waals surface area contributed by atoms with Crippen LogP contribution in [0.15, 0.2) is 543 Å². The summed E-state index contributed by atoms with van der Waals surface area (Å²) in [5.74, 6) is 0. The molecule has 4 nitrogen and oxygen atoms in total. The molecule has 4 aliphatic carbocycles.